The molecule has 0 spiro atoms. The number of benzene rings is 3. The standard InChI is InChI=1S/C35H30N2O9/c1-35-25(31(41)37(34(35)45)17-6-4-3-5-7-17)16-24-20(29(35)21-11-9-19(46-2)15-27(21)39)12-13-23-28(24)32(42)36(30(23)40)18-8-10-22(33(43)44)26(38)14-18/h3-12,14-15,23-25,28-29,38-39H,13,16H2,1-2H3,(H,43,44)/t23-,24+,25-,28-,29+,35+/m0/s1. The maximum absolute atomic E-state index is 14.4. The Morgan fingerprint density at radius 3 is 2.24 bits per heavy atom. The predicted molar refractivity (Wildman–Crippen MR) is 163 cm³/mol. The monoisotopic (exact) mass is 622 g/mol. The van der Waals surface area contributed by atoms with E-state index in [2.05, 4.69) is 0 Å². The van der Waals surface area contributed by atoms with Crippen LogP contribution in [0.25, 0.3) is 0 Å². The number of phenols is 2. The van der Waals surface area contributed by atoms with Crippen molar-refractivity contribution in [3.05, 3.63) is 89.5 Å². The first kappa shape index (κ1) is 29.3. The molecule has 4 amide bonds. The highest BCUT2D eigenvalue weighted by Gasteiger charge is 2.68. The zero-order chi connectivity index (χ0) is 32.7. The molecule has 234 valence electrons. The zero-order valence-electron chi connectivity index (χ0n) is 24.9. The van der Waals surface area contributed by atoms with E-state index < -0.39 is 70.4 Å². The molecule has 3 aromatic carbocycles. The number of carbonyl (C=O) groups is 5. The smallest absolute Gasteiger partial charge is 0.339 e. The van der Waals surface area contributed by atoms with Gasteiger partial charge in [0.1, 0.15) is 22.8 Å². The number of para-hydroxylation sites is 1. The quantitative estimate of drug-likeness (QED) is 0.279. The molecule has 7 rings (SSSR count). The van der Waals surface area contributed by atoms with Gasteiger partial charge in [-0.15, -0.1) is 0 Å². The minimum Gasteiger partial charge on any atom is -0.508 e. The molecular formula is C35H30N2O9. The molecule has 0 radical (unpaired) electrons. The van der Waals surface area contributed by atoms with Crippen molar-refractivity contribution in [3.63, 3.8) is 0 Å². The van der Waals surface area contributed by atoms with Crippen molar-refractivity contribution in [1.29, 1.82) is 0 Å². The number of hydrogen-bond donors (Lipinski definition) is 3. The molecule has 0 unspecified atom stereocenters. The van der Waals surface area contributed by atoms with Crippen LogP contribution >= 0.6 is 0 Å². The topological polar surface area (TPSA) is 162 Å². The van der Waals surface area contributed by atoms with Crippen molar-refractivity contribution in [2.45, 2.75) is 25.7 Å². The molecule has 0 bridgehead atoms. The van der Waals surface area contributed by atoms with Crippen LogP contribution in [0.1, 0.15) is 41.6 Å². The number of hydrogen-bond acceptors (Lipinski definition) is 8. The minimum absolute atomic E-state index is 0.0424. The molecule has 6 atom stereocenters. The Labute approximate surface area is 263 Å². The Morgan fingerprint density at radius 1 is 0.848 bits per heavy atom. The van der Waals surface area contributed by atoms with Crippen LogP contribution in [-0.2, 0) is 19.2 Å². The first-order valence-electron chi connectivity index (χ1n) is 14.9. The molecule has 2 heterocycles. The van der Waals surface area contributed by atoms with E-state index in [1.165, 1.54) is 24.1 Å². The van der Waals surface area contributed by atoms with E-state index in [-0.39, 0.29) is 29.8 Å². The summed E-state index contributed by atoms with van der Waals surface area (Å²) < 4.78 is 5.29. The van der Waals surface area contributed by atoms with E-state index in [0.717, 1.165) is 17.0 Å². The molecule has 1 saturated carbocycles. The van der Waals surface area contributed by atoms with Gasteiger partial charge in [0.25, 0.3) is 0 Å². The molecular weight excluding hydrogens is 592 g/mol. The number of nitrogens with zero attached hydrogens (tertiary/aromatic N) is 2. The number of aromatic hydroxyl groups is 2. The van der Waals surface area contributed by atoms with E-state index in [0.29, 0.717) is 22.6 Å². The molecule has 46 heavy (non-hydrogen) atoms. The van der Waals surface area contributed by atoms with Gasteiger partial charge in [-0.3, -0.25) is 19.2 Å². The lowest BCUT2D eigenvalue weighted by atomic mass is 9.51. The third-order valence-electron chi connectivity index (χ3n) is 10.3. The largest absolute Gasteiger partial charge is 0.508 e. The van der Waals surface area contributed by atoms with Gasteiger partial charge in [-0.1, -0.05) is 35.9 Å². The first-order chi connectivity index (χ1) is 22.0. The maximum atomic E-state index is 14.4. The Balaban J connectivity index is 1.35. The van der Waals surface area contributed by atoms with Gasteiger partial charge in [-0.2, -0.15) is 0 Å². The number of phenolic OH excluding ortho intramolecular Hbond substituents is 1. The second kappa shape index (κ2) is 10.3. The van der Waals surface area contributed by atoms with Crippen LogP contribution in [-0.4, -0.2) is 52.0 Å². The predicted octanol–water partition coefficient (Wildman–Crippen LogP) is 4.24. The summed E-state index contributed by atoms with van der Waals surface area (Å²) in [6.45, 7) is 1.74. The lowest BCUT2D eigenvalue weighted by Gasteiger charge is -2.49. The maximum Gasteiger partial charge on any atom is 0.339 e. The van der Waals surface area contributed by atoms with Gasteiger partial charge >= 0.3 is 5.97 Å². The second-order valence-corrected chi connectivity index (χ2v) is 12.4. The zero-order valence-corrected chi connectivity index (χ0v) is 24.9. The highest BCUT2D eigenvalue weighted by Crippen LogP contribution is 2.64. The summed E-state index contributed by atoms with van der Waals surface area (Å²) in [5.41, 5.74) is -0.127. The molecule has 2 aliphatic heterocycles. The van der Waals surface area contributed by atoms with Gasteiger partial charge in [0, 0.05) is 23.6 Å². The number of allylic oxidation sites excluding steroid dienone is 2. The summed E-state index contributed by atoms with van der Waals surface area (Å²) >= 11 is 0. The van der Waals surface area contributed by atoms with Crippen LogP contribution in [0, 0.1) is 29.1 Å². The van der Waals surface area contributed by atoms with E-state index >= 15 is 0 Å². The highest BCUT2D eigenvalue weighted by molar-refractivity contribution is 6.25. The van der Waals surface area contributed by atoms with Gasteiger partial charge in [-0.05, 0) is 56.0 Å². The normalized spacial score (nSPS) is 28.5. The van der Waals surface area contributed by atoms with Gasteiger partial charge in [0.05, 0.1) is 41.7 Å². The van der Waals surface area contributed by atoms with Crippen LogP contribution in [0.4, 0.5) is 11.4 Å². The van der Waals surface area contributed by atoms with Crippen molar-refractivity contribution >= 4 is 41.0 Å². The van der Waals surface area contributed by atoms with Gasteiger partial charge in [0.2, 0.25) is 23.6 Å². The Bertz CT molecular complexity index is 1890. The fourth-order valence-electron chi connectivity index (χ4n) is 8.17. The van der Waals surface area contributed by atoms with Crippen molar-refractivity contribution in [2.75, 3.05) is 16.9 Å². The lowest BCUT2D eigenvalue weighted by molar-refractivity contribution is -0.131. The molecule has 4 aliphatic rings. The van der Waals surface area contributed by atoms with Crippen molar-refractivity contribution in [3.8, 4) is 17.2 Å². The molecule has 11 nitrogen and oxygen atoms in total. The van der Waals surface area contributed by atoms with Crippen LogP contribution < -0.4 is 14.5 Å². The highest BCUT2D eigenvalue weighted by atomic mass is 16.5. The third kappa shape index (κ3) is 3.93. The SMILES string of the molecule is COc1ccc([C@H]2C3=CC[C@@H]4C(=O)N(c5ccc(C(=O)O)c(O)c5)C(=O)[C@@H]4[C@@H]3C[C@H]3C(=O)N(c4ccccc4)C(=O)[C@@]23C)c(O)c1. The first-order valence-corrected chi connectivity index (χ1v) is 14.9. The van der Waals surface area contributed by atoms with Crippen molar-refractivity contribution in [1.82, 2.24) is 0 Å². The number of aromatic carboxylic acids is 1. The van der Waals surface area contributed by atoms with Gasteiger partial charge < -0.3 is 20.1 Å². The van der Waals surface area contributed by atoms with Crippen molar-refractivity contribution in [2.24, 2.45) is 29.1 Å². The minimum atomic E-state index is -1.36. The molecule has 11 heteroatoms. The number of carboxylic acids is 1. The summed E-state index contributed by atoms with van der Waals surface area (Å²) in [5, 5.41) is 30.9. The summed E-state index contributed by atoms with van der Waals surface area (Å²) in [7, 11) is 1.46. The fraction of sp³-hybridized carbons (Fsp3) is 0.286. The number of fused-ring (bicyclic) bond motifs is 4. The third-order valence-corrected chi connectivity index (χ3v) is 10.3. The van der Waals surface area contributed by atoms with Crippen LogP contribution in [0.15, 0.2) is 78.4 Å². The molecule has 0 aromatic heterocycles. The van der Waals surface area contributed by atoms with E-state index in [1.54, 1.807) is 49.4 Å². The van der Waals surface area contributed by atoms with E-state index in [4.69, 9.17) is 4.74 Å². The fourth-order valence-corrected chi connectivity index (χ4v) is 8.17. The van der Waals surface area contributed by atoms with Crippen LogP contribution in [0.2, 0.25) is 0 Å². The number of carboxylic acid groups (broad SMARTS) is 1. The van der Waals surface area contributed by atoms with Gasteiger partial charge in [-0.25, -0.2) is 14.6 Å². The van der Waals surface area contributed by atoms with Crippen LogP contribution in [0.5, 0.6) is 17.2 Å². The number of amides is 4. The Morgan fingerprint density at radius 2 is 1.59 bits per heavy atom. The average molecular weight is 623 g/mol. The molecule has 2 aliphatic carbocycles. The Kier molecular flexibility index (Phi) is 6.55. The van der Waals surface area contributed by atoms with Gasteiger partial charge in [0.15, 0.2) is 0 Å². The number of methoxy groups -OCH3 is 1. The number of imide groups is 2. The number of carbonyl (C=O) groups excluding carboxylic acids is 4. The summed E-state index contributed by atoms with van der Waals surface area (Å²) in [5.74, 6) is -7.48. The number of anilines is 2. The lowest BCUT2D eigenvalue weighted by Crippen LogP contribution is -2.48. The molecule has 2 saturated heterocycles. The summed E-state index contributed by atoms with van der Waals surface area (Å²) in [6.07, 6.45) is 2.17. The Hall–Kier alpha value is -5.45. The summed E-state index contributed by atoms with van der Waals surface area (Å²) in [4.78, 5) is 70.2. The van der Waals surface area contributed by atoms with E-state index in [9.17, 15) is 39.3 Å². The average Bonchev–Trinajstić information content (AvgIpc) is 3.41. The number of ether oxygens (including phenoxy) is 1. The molecule has 3 aromatic rings. The van der Waals surface area contributed by atoms with E-state index in [1.807, 2.05) is 6.08 Å². The van der Waals surface area contributed by atoms with Crippen LogP contribution in [0.3, 0.4) is 0 Å². The van der Waals surface area contributed by atoms with Crippen molar-refractivity contribution < 1.29 is 44.0 Å². The molecule has 3 N–H and O–H groups in total. The molecule has 3 fully saturated rings. The second-order valence-electron chi connectivity index (χ2n) is 12.4. The summed E-state index contributed by atoms with van der Waals surface area (Å²) in [6, 6.07) is 16.9. The number of rotatable bonds is 5.